The lowest BCUT2D eigenvalue weighted by Crippen LogP contribution is -2.49. The molecule has 2 aromatic rings. The molecule has 4 rings (SSSR count). The highest BCUT2D eigenvalue weighted by Crippen LogP contribution is 2.30. The Labute approximate surface area is 193 Å². The third-order valence-electron chi connectivity index (χ3n) is 6.77. The maximum atomic E-state index is 13.4. The number of aryl methyl sites for hydroxylation is 1. The molecule has 1 unspecified atom stereocenters. The van der Waals surface area contributed by atoms with Crippen LogP contribution in [0.15, 0.2) is 42.5 Å². The van der Waals surface area contributed by atoms with E-state index in [2.05, 4.69) is 87.0 Å². The summed E-state index contributed by atoms with van der Waals surface area (Å²) < 4.78 is 6.01. The summed E-state index contributed by atoms with van der Waals surface area (Å²) in [7, 11) is 2.17. The van der Waals surface area contributed by atoms with Gasteiger partial charge in [0.05, 0.1) is 6.61 Å². The largest absolute Gasteiger partial charge is 0.369 e. The van der Waals surface area contributed by atoms with Crippen LogP contribution in [0.1, 0.15) is 37.5 Å². The van der Waals surface area contributed by atoms with E-state index in [1.54, 1.807) is 0 Å². The normalized spacial score (nSPS) is 20.7. The predicted octanol–water partition coefficient (Wildman–Crippen LogP) is 4.02. The maximum absolute atomic E-state index is 13.4. The van der Waals surface area contributed by atoms with Crippen molar-refractivity contribution in [3.63, 3.8) is 0 Å². The molecule has 2 aliphatic heterocycles. The molecule has 5 nitrogen and oxygen atoms in total. The smallest absolute Gasteiger partial charge is 0.256 e. The minimum Gasteiger partial charge on any atom is -0.369 e. The van der Waals surface area contributed by atoms with Gasteiger partial charge in [-0.05, 0) is 48.2 Å². The fourth-order valence-electron chi connectivity index (χ4n) is 4.75. The number of para-hydroxylation sites is 1. The summed E-state index contributed by atoms with van der Waals surface area (Å²) in [5.74, 6) is 0.0607. The van der Waals surface area contributed by atoms with Crippen LogP contribution in [0, 0.1) is 6.92 Å². The van der Waals surface area contributed by atoms with E-state index in [4.69, 9.17) is 4.74 Å². The number of carbonyl (C=O) groups excluding carboxylic acids is 1. The molecule has 2 aromatic carbocycles. The van der Waals surface area contributed by atoms with Crippen LogP contribution in [-0.2, 0) is 21.4 Å². The molecule has 0 bridgehead atoms. The third kappa shape index (κ3) is 4.84. The molecule has 0 saturated carbocycles. The van der Waals surface area contributed by atoms with Crippen LogP contribution in [0.5, 0.6) is 0 Å². The third-order valence-corrected chi connectivity index (χ3v) is 6.77. The Morgan fingerprint density at radius 1 is 0.969 bits per heavy atom. The number of ether oxygens (including phenoxy) is 1. The van der Waals surface area contributed by atoms with Crippen molar-refractivity contribution in [2.75, 3.05) is 56.2 Å². The Bertz CT molecular complexity index is 940. The SMILES string of the molecule is Cc1cccc(CC2OCCN(c3ccc(C(C)(C)C)cc3)C2=O)c1N1CCN(C)CC1. The van der Waals surface area contributed by atoms with E-state index in [1.165, 1.54) is 22.4 Å². The first-order valence-corrected chi connectivity index (χ1v) is 11.8. The van der Waals surface area contributed by atoms with E-state index < -0.39 is 6.10 Å². The first-order valence-electron chi connectivity index (χ1n) is 11.8. The second-order valence-electron chi connectivity index (χ2n) is 10.2. The topological polar surface area (TPSA) is 36.0 Å². The highest BCUT2D eigenvalue weighted by Gasteiger charge is 2.32. The molecule has 2 heterocycles. The summed E-state index contributed by atoms with van der Waals surface area (Å²) in [5.41, 5.74) is 6.09. The maximum Gasteiger partial charge on any atom is 0.256 e. The predicted molar refractivity (Wildman–Crippen MR) is 132 cm³/mol. The quantitative estimate of drug-likeness (QED) is 0.727. The Morgan fingerprint density at radius 3 is 2.31 bits per heavy atom. The van der Waals surface area contributed by atoms with Gasteiger partial charge in [-0.1, -0.05) is 51.1 Å². The molecular weight excluding hydrogens is 398 g/mol. The van der Waals surface area contributed by atoms with Gasteiger partial charge in [-0.25, -0.2) is 0 Å². The Hall–Kier alpha value is -2.37. The number of morpholine rings is 1. The number of likely N-dealkylation sites (N-methyl/N-ethyl adjacent to an activating group) is 1. The highest BCUT2D eigenvalue weighted by atomic mass is 16.5. The molecule has 0 aromatic heterocycles. The van der Waals surface area contributed by atoms with Crippen molar-refractivity contribution < 1.29 is 9.53 Å². The average Bonchev–Trinajstić information content (AvgIpc) is 2.76. The van der Waals surface area contributed by atoms with Crippen LogP contribution in [0.25, 0.3) is 0 Å². The molecule has 5 heteroatoms. The number of anilines is 2. The Balaban J connectivity index is 1.53. The molecule has 0 spiro atoms. The van der Waals surface area contributed by atoms with Crippen molar-refractivity contribution in [1.29, 1.82) is 0 Å². The Kier molecular flexibility index (Phi) is 6.59. The number of nitrogens with zero attached hydrogens (tertiary/aromatic N) is 3. The van der Waals surface area contributed by atoms with E-state index >= 15 is 0 Å². The van der Waals surface area contributed by atoms with Crippen LogP contribution in [0.4, 0.5) is 11.4 Å². The van der Waals surface area contributed by atoms with Gasteiger partial charge in [-0.2, -0.15) is 0 Å². The van der Waals surface area contributed by atoms with Gasteiger partial charge < -0.3 is 19.4 Å². The monoisotopic (exact) mass is 435 g/mol. The standard InChI is InChI=1S/C27H37N3O2/c1-20-7-6-8-21(25(20)29-15-13-28(5)14-16-29)19-24-26(31)30(17-18-32-24)23-11-9-22(10-12-23)27(2,3)4/h6-12,24H,13-19H2,1-5H3. The number of hydrogen-bond donors (Lipinski definition) is 0. The number of carbonyl (C=O) groups is 1. The molecule has 2 saturated heterocycles. The minimum absolute atomic E-state index is 0.0607. The second-order valence-corrected chi connectivity index (χ2v) is 10.2. The van der Waals surface area contributed by atoms with Crippen molar-refractivity contribution in [3.8, 4) is 0 Å². The zero-order valence-corrected chi connectivity index (χ0v) is 20.2. The lowest BCUT2D eigenvalue weighted by atomic mass is 9.87. The average molecular weight is 436 g/mol. The van der Waals surface area contributed by atoms with Crippen LogP contribution in [-0.4, -0.2) is 63.3 Å². The molecule has 1 atom stereocenters. The van der Waals surface area contributed by atoms with Crippen molar-refractivity contribution in [2.24, 2.45) is 0 Å². The van der Waals surface area contributed by atoms with Gasteiger partial charge in [-0.15, -0.1) is 0 Å². The Morgan fingerprint density at radius 2 is 1.66 bits per heavy atom. The van der Waals surface area contributed by atoms with Crippen molar-refractivity contribution >= 4 is 17.3 Å². The lowest BCUT2D eigenvalue weighted by molar-refractivity contribution is -0.133. The summed E-state index contributed by atoms with van der Waals surface area (Å²) in [6.07, 6.45) is 0.165. The van der Waals surface area contributed by atoms with E-state index in [0.717, 1.165) is 31.9 Å². The summed E-state index contributed by atoms with van der Waals surface area (Å²) in [5, 5.41) is 0. The first kappa shape index (κ1) is 22.8. The minimum atomic E-state index is -0.445. The second kappa shape index (κ2) is 9.24. The highest BCUT2D eigenvalue weighted by molar-refractivity contribution is 5.97. The van der Waals surface area contributed by atoms with E-state index in [9.17, 15) is 4.79 Å². The molecule has 1 amide bonds. The number of hydrogen-bond acceptors (Lipinski definition) is 4. The summed E-state index contributed by atoms with van der Waals surface area (Å²) >= 11 is 0. The molecule has 32 heavy (non-hydrogen) atoms. The van der Waals surface area contributed by atoms with Crippen LogP contribution < -0.4 is 9.80 Å². The number of piperazine rings is 1. The summed E-state index contributed by atoms with van der Waals surface area (Å²) in [4.78, 5) is 20.1. The van der Waals surface area contributed by atoms with Crippen LogP contribution in [0.2, 0.25) is 0 Å². The number of rotatable bonds is 4. The molecule has 172 valence electrons. The molecular formula is C27H37N3O2. The van der Waals surface area contributed by atoms with E-state index in [1.807, 2.05) is 4.90 Å². The number of benzene rings is 2. The zero-order valence-electron chi connectivity index (χ0n) is 20.2. The van der Waals surface area contributed by atoms with Crippen LogP contribution >= 0.6 is 0 Å². The van der Waals surface area contributed by atoms with Gasteiger partial charge in [0.25, 0.3) is 5.91 Å². The van der Waals surface area contributed by atoms with Crippen molar-refractivity contribution in [1.82, 2.24) is 4.90 Å². The summed E-state index contributed by atoms with van der Waals surface area (Å²) in [6, 6.07) is 14.9. The number of amides is 1. The van der Waals surface area contributed by atoms with Crippen molar-refractivity contribution in [2.45, 2.75) is 45.6 Å². The van der Waals surface area contributed by atoms with Gasteiger partial charge in [0.1, 0.15) is 6.10 Å². The van der Waals surface area contributed by atoms with E-state index in [0.29, 0.717) is 19.6 Å². The van der Waals surface area contributed by atoms with Gasteiger partial charge in [0.2, 0.25) is 0 Å². The first-order chi connectivity index (χ1) is 15.2. The lowest BCUT2D eigenvalue weighted by Gasteiger charge is -2.37. The van der Waals surface area contributed by atoms with Gasteiger partial charge >= 0.3 is 0 Å². The summed E-state index contributed by atoms with van der Waals surface area (Å²) in [6.45, 7) is 14.1. The van der Waals surface area contributed by atoms with Gasteiger partial charge in [0.15, 0.2) is 0 Å². The molecule has 0 aliphatic carbocycles. The zero-order chi connectivity index (χ0) is 22.9. The fourth-order valence-corrected chi connectivity index (χ4v) is 4.75. The van der Waals surface area contributed by atoms with Crippen LogP contribution in [0.3, 0.4) is 0 Å². The van der Waals surface area contributed by atoms with E-state index in [-0.39, 0.29) is 11.3 Å². The molecule has 2 aliphatic rings. The van der Waals surface area contributed by atoms with Gasteiger partial charge in [0, 0.05) is 50.5 Å². The van der Waals surface area contributed by atoms with Gasteiger partial charge in [-0.3, -0.25) is 4.79 Å². The fraction of sp³-hybridized carbons (Fsp3) is 0.519. The van der Waals surface area contributed by atoms with Crippen molar-refractivity contribution in [3.05, 3.63) is 59.2 Å². The molecule has 0 N–H and O–H groups in total. The molecule has 0 radical (unpaired) electrons. The molecule has 2 fully saturated rings.